The number of hydrogen-bond acceptors (Lipinski definition) is 10. The molecule has 9 nitrogen and oxygen atoms in total. The van der Waals surface area contributed by atoms with Gasteiger partial charge in [-0.2, -0.15) is 0 Å². The first-order valence-corrected chi connectivity index (χ1v) is 17.1. The number of aromatic nitrogens is 4. The molecule has 3 aromatic heterocycles. The van der Waals surface area contributed by atoms with Crippen molar-refractivity contribution in [1.29, 1.82) is 0 Å². The smallest absolute Gasteiger partial charge is 0.197 e. The molecule has 0 bridgehead atoms. The highest BCUT2D eigenvalue weighted by Gasteiger charge is 2.18. The van der Waals surface area contributed by atoms with Gasteiger partial charge in [-0.1, -0.05) is 35.9 Å². The quantitative estimate of drug-likeness (QED) is 0.139. The average molecular weight is 676 g/mol. The Labute approximate surface area is 274 Å². The molecule has 1 N–H and O–H groups in total. The van der Waals surface area contributed by atoms with Crippen LogP contribution in [0.2, 0.25) is 5.02 Å². The van der Waals surface area contributed by atoms with Crippen LogP contribution in [0.15, 0.2) is 102 Å². The molecule has 1 atom stereocenters. The standard InChI is InChI=1S/C33H27ClFN5O4S2/c1-21(43-13-14-46(41,42)31-7-2-3-12-36-31)33-40-29(19-45-33)23-8-10-28-26(16-23)32(38-20-37-28)39-25-9-11-30(27(34)17-25)44-18-22-5-4-6-24(35)15-22/h2-12,15-17,19-21H,13-14,18H2,1H3,(H,37,38,39). The molecule has 234 valence electrons. The number of pyridine rings is 1. The number of hydrogen-bond donors (Lipinski definition) is 1. The van der Waals surface area contributed by atoms with E-state index in [-0.39, 0.29) is 29.8 Å². The zero-order chi connectivity index (χ0) is 32.1. The number of anilines is 2. The van der Waals surface area contributed by atoms with Gasteiger partial charge in [0, 0.05) is 28.2 Å². The molecule has 3 heterocycles. The van der Waals surface area contributed by atoms with Crippen molar-refractivity contribution in [3.05, 3.63) is 118 Å². The summed E-state index contributed by atoms with van der Waals surface area (Å²) >= 11 is 7.94. The number of rotatable bonds is 12. The number of halogens is 2. The lowest BCUT2D eigenvalue weighted by molar-refractivity contribution is 0.0775. The van der Waals surface area contributed by atoms with E-state index < -0.39 is 15.9 Å². The van der Waals surface area contributed by atoms with E-state index in [9.17, 15) is 12.8 Å². The number of nitrogens with zero attached hydrogens (tertiary/aromatic N) is 4. The second kappa shape index (κ2) is 13.9. The molecular weight excluding hydrogens is 649 g/mol. The Morgan fingerprint density at radius 1 is 1.00 bits per heavy atom. The van der Waals surface area contributed by atoms with Gasteiger partial charge < -0.3 is 14.8 Å². The van der Waals surface area contributed by atoms with Crippen molar-refractivity contribution in [1.82, 2.24) is 19.9 Å². The Morgan fingerprint density at radius 3 is 2.70 bits per heavy atom. The first-order chi connectivity index (χ1) is 22.2. The summed E-state index contributed by atoms with van der Waals surface area (Å²) in [6.45, 7) is 2.04. The third kappa shape index (κ3) is 7.48. The van der Waals surface area contributed by atoms with Crippen LogP contribution in [0.4, 0.5) is 15.9 Å². The van der Waals surface area contributed by atoms with Crippen molar-refractivity contribution >= 4 is 55.2 Å². The summed E-state index contributed by atoms with van der Waals surface area (Å²) in [6.07, 6.45) is 2.54. The third-order valence-corrected chi connectivity index (χ3v) is 9.84. The van der Waals surface area contributed by atoms with Crippen LogP contribution in [0.5, 0.6) is 5.75 Å². The minimum Gasteiger partial charge on any atom is -0.487 e. The number of sulfone groups is 1. The topological polar surface area (TPSA) is 116 Å². The fourth-order valence-electron chi connectivity index (χ4n) is 4.58. The zero-order valence-electron chi connectivity index (χ0n) is 24.4. The predicted octanol–water partition coefficient (Wildman–Crippen LogP) is 7.81. The van der Waals surface area contributed by atoms with Gasteiger partial charge in [-0.15, -0.1) is 11.3 Å². The summed E-state index contributed by atoms with van der Waals surface area (Å²) in [5.74, 6) is 0.549. The normalized spacial score (nSPS) is 12.2. The molecule has 46 heavy (non-hydrogen) atoms. The molecular formula is C33H27ClFN5O4S2. The predicted molar refractivity (Wildman–Crippen MR) is 177 cm³/mol. The highest BCUT2D eigenvalue weighted by molar-refractivity contribution is 7.91. The Bertz CT molecular complexity index is 2100. The van der Waals surface area contributed by atoms with E-state index in [0.29, 0.717) is 27.8 Å². The number of ether oxygens (including phenoxy) is 2. The Morgan fingerprint density at radius 2 is 1.89 bits per heavy atom. The van der Waals surface area contributed by atoms with Crippen LogP contribution in [-0.4, -0.2) is 40.7 Å². The number of thiazole rings is 1. The van der Waals surface area contributed by atoms with Crippen molar-refractivity contribution in [3.8, 4) is 17.0 Å². The SMILES string of the molecule is CC(OCCS(=O)(=O)c1ccccn1)c1nc(-c2ccc3ncnc(Nc4ccc(OCc5cccc(F)c5)c(Cl)c4)c3c2)cs1. The summed E-state index contributed by atoms with van der Waals surface area (Å²) in [5.41, 5.74) is 3.74. The van der Waals surface area contributed by atoms with E-state index >= 15 is 0 Å². The van der Waals surface area contributed by atoms with Gasteiger partial charge >= 0.3 is 0 Å². The van der Waals surface area contributed by atoms with Gasteiger partial charge in [0.05, 0.1) is 28.6 Å². The van der Waals surface area contributed by atoms with Gasteiger partial charge in [0.2, 0.25) is 0 Å². The number of benzene rings is 3. The molecule has 0 fully saturated rings. The van der Waals surface area contributed by atoms with Crippen LogP contribution < -0.4 is 10.1 Å². The lowest BCUT2D eigenvalue weighted by Crippen LogP contribution is -2.15. The molecule has 6 rings (SSSR count). The molecule has 0 saturated heterocycles. The van der Waals surface area contributed by atoms with Crippen LogP contribution in [0, 0.1) is 5.82 Å². The largest absolute Gasteiger partial charge is 0.487 e. The van der Waals surface area contributed by atoms with Gasteiger partial charge in [0.25, 0.3) is 0 Å². The maximum Gasteiger partial charge on any atom is 0.197 e. The summed E-state index contributed by atoms with van der Waals surface area (Å²) in [4.78, 5) is 17.6. The van der Waals surface area contributed by atoms with Crippen LogP contribution in [-0.2, 0) is 21.2 Å². The van der Waals surface area contributed by atoms with Crippen molar-refractivity contribution in [2.24, 2.45) is 0 Å². The second-order valence-corrected chi connectivity index (χ2v) is 13.6. The molecule has 13 heteroatoms. The first-order valence-electron chi connectivity index (χ1n) is 14.1. The highest BCUT2D eigenvalue weighted by atomic mass is 35.5. The van der Waals surface area contributed by atoms with Crippen LogP contribution >= 0.6 is 22.9 Å². The first kappa shape index (κ1) is 31.5. The Hall–Kier alpha value is -4.49. The molecule has 0 saturated carbocycles. The van der Waals surface area contributed by atoms with E-state index in [2.05, 4.69) is 20.3 Å². The second-order valence-electron chi connectivity index (χ2n) is 10.2. The van der Waals surface area contributed by atoms with Gasteiger partial charge in [-0.3, -0.25) is 0 Å². The third-order valence-electron chi connectivity index (χ3n) is 6.96. The van der Waals surface area contributed by atoms with Gasteiger partial charge in [-0.25, -0.2) is 32.7 Å². The zero-order valence-corrected chi connectivity index (χ0v) is 26.8. The van der Waals surface area contributed by atoms with Crippen molar-refractivity contribution < 1.29 is 22.3 Å². The van der Waals surface area contributed by atoms with Gasteiger partial charge in [-0.05, 0) is 67.1 Å². The fraction of sp³-hybridized carbons (Fsp3) is 0.152. The molecule has 3 aromatic carbocycles. The summed E-state index contributed by atoms with van der Waals surface area (Å²) < 4.78 is 50.1. The van der Waals surface area contributed by atoms with E-state index in [0.717, 1.165) is 27.2 Å². The minimum atomic E-state index is -3.54. The molecule has 6 aromatic rings. The Kier molecular flexibility index (Phi) is 9.50. The lowest BCUT2D eigenvalue weighted by atomic mass is 10.1. The van der Waals surface area contributed by atoms with Gasteiger partial charge in [0.15, 0.2) is 14.9 Å². The van der Waals surface area contributed by atoms with Crippen LogP contribution in [0.1, 0.15) is 23.6 Å². The molecule has 0 aliphatic carbocycles. The minimum absolute atomic E-state index is 0.0153. The molecule has 0 radical (unpaired) electrons. The van der Waals surface area contributed by atoms with E-state index in [1.807, 2.05) is 36.6 Å². The van der Waals surface area contributed by atoms with E-state index in [1.165, 1.54) is 42.1 Å². The van der Waals surface area contributed by atoms with E-state index in [1.54, 1.807) is 36.4 Å². The number of fused-ring (bicyclic) bond motifs is 1. The maximum absolute atomic E-state index is 13.5. The van der Waals surface area contributed by atoms with E-state index in [4.69, 9.17) is 26.1 Å². The molecule has 0 spiro atoms. The van der Waals surface area contributed by atoms with Crippen LogP contribution in [0.3, 0.4) is 0 Å². The highest BCUT2D eigenvalue weighted by Crippen LogP contribution is 2.33. The summed E-state index contributed by atoms with van der Waals surface area (Å²) in [7, 11) is -3.54. The molecule has 0 amide bonds. The Balaban J connectivity index is 1.13. The fourth-order valence-corrected chi connectivity index (χ4v) is 6.68. The molecule has 0 aliphatic heterocycles. The van der Waals surface area contributed by atoms with Crippen LogP contribution in [0.25, 0.3) is 22.2 Å². The monoisotopic (exact) mass is 675 g/mol. The number of nitrogens with one attached hydrogen (secondary N) is 1. The summed E-state index contributed by atoms with van der Waals surface area (Å²) in [5, 5.41) is 7.17. The molecule has 1 unspecified atom stereocenters. The maximum atomic E-state index is 13.5. The van der Waals surface area contributed by atoms with Crippen molar-refractivity contribution in [2.45, 2.75) is 24.7 Å². The molecule has 0 aliphatic rings. The summed E-state index contributed by atoms with van der Waals surface area (Å²) in [6, 6.07) is 22.1. The van der Waals surface area contributed by atoms with Gasteiger partial charge in [0.1, 0.15) is 41.4 Å². The van der Waals surface area contributed by atoms with Crippen molar-refractivity contribution in [3.63, 3.8) is 0 Å². The average Bonchev–Trinajstić information content (AvgIpc) is 3.56. The van der Waals surface area contributed by atoms with Crippen molar-refractivity contribution in [2.75, 3.05) is 17.7 Å². The lowest BCUT2D eigenvalue weighted by Gasteiger charge is -2.12.